The van der Waals surface area contributed by atoms with Gasteiger partial charge in [0.2, 0.25) is 17.6 Å². The smallest absolute Gasteiger partial charge is 0.332 e. The van der Waals surface area contributed by atoms with Crippen LogP contribution in [0, 0.1) is 33.6 Å². The highest BCUT2D eigenvalue weighted by Crippen LogP contribution is 2.38. The van der Waals surface area contributed by atoms with E-state index in [1.807, 2.05) is 57.2 Å². The topological polar surface area (TPSA) is 79.5 Å². The Balaban J connectivity index is 1.48. The van der Waals surface area contributed by atoms with Crippen LogP contribution in [-0.4, -0.2) is 33.0 Å². The second-order valence-corrected chi connectivity index (χ2v) is 9.64. The lowest BCUT2D eigenvalue weighted by molar-refractivity contribution is -0.127. The van der Waals surface area contributed by atoms with E-state index in [0.29, 0.717) is 17.4 Å². The second kappa shape index (κ2) is 8.70. The molecule has 0 spiro atoms. The molecule has 2 atom stereocenters. The van der Waals surface area contributed by atoms with Gasteiger partial charge >= 0.3 is 6.03 Å². The number of urea groups is 1. The maximum absolute atomic E-state index is 13.8. The minimum absolute atomic E-state index is 0.0963. The number of fused-ring (bicyclic) bond motifs is 1. The van der Waals surface area contributed by atoms with Crippen LogP contribution in [0.2, 0.25) is 0 Å². The first kappa shape index (κ1) is 22.3. The summed E-state index contributed by atoms with van der Waals surface area (Å²) >= 11 is 0. The third-order valence-corrected chi connectivity index (χ3v) is 7.25. The van der Waals surface area contributed by atoms with Crippen LogP contribution in [-0.2, 0) is 11.3 Å². The van der Waals surface area contributed by atoms with Gasteiger partial charge in [-0.15, -0.1) is 0 Å². The molecule has 2 aliphatic rings. The fourth-order valence-corrected chi connectivity index (χ4v) is 5.13. The second-order valence-electron chi connectivity index (χ2n) is 9.64. The van der Waals surface area contributed by atoms with Crippen LogP contribution in [0.4, 0.5) is 10.5 Å². The molecule has 34 heavy (non-hydrogen) atoms. The van der Waals surface area contributed by atoms with Crippen LogP contribution in [0.25, 0.3) is 11.4 Å². The number of anilines is 1. The maximum Gasteiger partial charge on any atom is 0.332 e. The van der Waals surface area contributed by atoms with E-state index >= 15 is 0 Å². The first-order valence-corrected chi connectivity index (χ1v) is 12.0. The van der Waals surface area contributed by atoms with E-state index in [-0.39, 0.29) is 30.4 Å². The van der Waals surface area contributed by atoms with Crippen molar-refractivity contribution in [2.24, 2.45) is 5.92 Å². The predicted molar refractivity (Wildman–Crippen MR) is 129 cm³/mol. The number of aromatic nitrogens is 2. The van der Waals surface area contributed by atoms with E-state index < -0.39 is 0 Å². The average molecular weight is 459 g/mol. The molecule has 5 rings (SSSR count). The van der Waals surface area contributed by atoms with Gasteiger partial charge in [-0.2, -0.15) is 4.98 Å². The summed E-state index contributed by atoms with van der Waals surface area (Å²) in [6.45, 7) is 8.20. The van der Waals surface area contributed by atoms with Crippen molar-refractivity contribution in [3.05, 3.63) is 64.5 Å². The van der Waals surface area contributed by atoms with Crippen LogP contribution in [0.15, 0.2) is 40.9 Å². The first-order valence-electron chi connectivity index (χ1n) is 12.0. The lowest BCUT2D eigenvalue weighted by atomic mass is 9.81. The van der Waals surface area contributed by atoms with Gasteiger partial charge in [-0.3, -0.25) is 4.79 Å². The molecular formula is C27H30N4O3. The minimum Gasteiger partial charge on any atom is -0.337 e. The molecule has 7 nitrogen and oxygen atoms in total. The molecular weight excluding hydrogens is 428 g/mol. The van der Waals surface area contributed by atoms with Gasteiger partial charge in [-0.05, 0) is 74.9 Å². The van der Waals surface area contributed by atoms with E-state index in [4.69, 9.17) is 4.52 Å². The Bertz CT molecular complexity index is 1260. The Morgan fingerprint density at radius 3 is 2.50 bits per heavy atom. The largest absolute Gasteiger partial charge is 0.337 e. The highest BCUT2D eigenvalue weighted by molar-refractivity contribution is 6.17. The molecule has 1 aromatic heterocycles. The van der Waals surface area contributed by atoms with Crippen LogP contribution in [0.1, 0.15) is 53.8 Å². The Kier molecular flexibility index (Phi) is 5.71. The summed E-state index contributed by atoms with van der Waals surface area (Å²) in [6, 6.07) is 11.4. The Morgan fingerprint density at radius 1 is 0.941 bits per heavy atom. The summed E-state index contributed by atoms with van der Waals surface area (Å²) in [6.07, 6.45) is 3.58. The van der Waals surface area contributed by atoms with Crippen molar-refractivity contribution in [2.45, 2.75) is 66.0 Å². The number of hydrogen-bond donors (Lipinski definition) is 0. The number of benzene rings is 2. The van der Waals surface area contributed by atoms with E-state index in [1.54, 1.807) is 4.90 Å². The Labute approximate surface area is 199 Å². The van der Waals surface area contributed by atoms with Gasteiger partial charge in [0.25, 0.3) is 0 Å². The fourth-order valence-electron chi connectivity index (χ4n) is 5.13. The zero-order valence-electron chi connectivity index (χ0n) is 20.2. The number of hydrogen-bond acceptors (Lipinski definition) is 5. The highest BCUT2D eigenvalue weighted by Gasteiger charge is 2.48. The van der Waals surface area contributed by atoms with Crippen molar-refractivity contribution in [3.63, 3.8) is 0 Å². The van der Waals surface area contributed by atoms with Gasteiger partial charge in [-0.1, -0.05) is 42.3 Å². The third-order valence-electron chi connectivity index (χ3n) is 7.25. The minimum atomic E-state index is -0.312. The van der Waals surface area contributed by atoms with Gasteiger partial charge in [0.15, 0.2) is 0 Å². The number of rotatable bonds is 4. The molecule has 3 amide bonds. The van der Waals surface area contributed by atoms with Gasteiger partial charge < -0.3 is 9.42 Å². The van der Waals surface area contributed by atoms with Crippen molar-refractivity contribution in [3.8, 4) is 11.4 Å². The van der Waals surface area contributed by atoms with Gasteiger partial charge in [0.05, 0.1) is 11.6 Å². The van der Waals surface area contributed by atoms with Crippen LogP contribution < -0.4 is 4.90 Å². The molecule has 7 heteroatoms. The molecule has 1 aliphatic heterocycles. The molecule has 2 aromatic carbocycles. The molecule has 0 bridgehead atoms. The number of carbonyl (C=O) groups excluding carboxylic acids is 2. The van der Waals surface area contributed by atoms with Crippen LogP contribution in [0.5, 0.6) is 0 Å². The highest BCUT2D eigenvalue weighted by atomic mass is 16.5. The van der Waals surface area contributed by atoms with E-state index in [0.717, 1.165) is 47.9 Å². The number of amides is 3. The third kappa shape index (κ3) is 3.89. The van der Waals surface area contributed by atoms with Crippen molar-refractivity contribution < 1.29 is 14.1 Å². The molecule has 0 N–H and O–H groups in total. The molecule has 1 saturated carbocycles. The quantitative estimate of drug-likeness (QED) is 0.516. The Hall–Kier alpha value is -3.48. The molecule has 2 heterocycles. The summed E-state index contributed by atoms with van der Waals surface area (Å²) in [7, 11) is 0. The normalized spacial score (nSPS) is 20.6. The molecule has 1 aliphatic carbocycles. The molecule has 1 saturated heterocycles. The zero-order chi connectivity index (χ0) is 24.0. The van der Waals surface area contributed by atoms with Gasteiger partial charge in [0, 0.05) is 11.6 Å². The van der Waals surface area contributed by atoms with Gasteiger partial charge in [0.1, 0.15) is 6.54 Å². The predicted octanol–water partition coefficient (Wildman–Crippen LogP) is 5.50. The number of carbonyl (C=O) groups is 2. The average Bonchev–Trinajstić information content (AvgIpc) is 3.29. The molecule has 176 valence electrons. The van der Waals surface area contributed by atoms with Crippen molar-refractivity contribution >= 4 is 17.6 Å². The maximum atomic E-state index is 13.8. The molecule has 2 fully saturated rings. The Morgan fingerprint density at radius 2 is 1.71 bits per heavy atom. The van der Waals surface area contributed by atoms with E-state index in [9.17, 15) is 9.59 Å². The molecule has 2 unspecified atom stereocenters. The van der Waals surface area contributed by atoms with Crippen LogP contribution >= 0.6 is 0 Å². The summed E-state index contributed by atoms with van der Waals surface area (Å²) in [5.74, 6) is 0.570. The number of nitrogens with zero attached hydrogens (tertiary/aromatic N) is 4. The van der Waals surface area contributed by atoms with Crippen molar-refractivity contribution in [1.82, 2.24) is 15.0 Å². The first-order chi connectivity index (χ1) is 16.3. The lowest BCUT2D eigenvalue weighted by Crippen LogP contribution is -2.62. The van der Waals surface area contributed by atoms with Crippen molar-refractivity contribution in [2.75, 3.05) is 4.90 Å². The van der Waals surface area contributed by atoms with Gasteiger partial charge in [-0.25, -0.2) is 9.69 Å². The number of imide groups is 1. The monoisotopic (exact) mass is 458 g/mol. The van der Waals surface area contributed by atoms with Crippen molar-refractivity contribution in [1.29, 1.82) is 0 Å². The van der Waals surface area contributed by atoms with E-state index in [1.165, 1.54) is 10.5 Å². The SMILES string of the molecule is Cc1ccc(C)c(N2C(=O)C3CCCCC3N(Cc3nc(-c4ccc(C)c(C)c4)no3)C2=O)c1. The summed E-state index contributed by atoms with van der Waals surface area (Å²) in [4.78, 5) is 35.0. The van der Waals surface area contributed by atoms with Crippen LogP contribution in [0.3, 0.4) is 0 Å². The zero-order valence-corrected chi connectivity index (χ0v) is 20.2. The molecule has 0 radical (unpaired) electrons. The fraction of sp³-hybridized carbons (Fsp3) is 0.407. The molecule has 3 aromatic rings. The van der Waals surface area contributed by atoms with E-state index in [2.05, 4.69) is 17.1 Å². The lowest BCUT2D eigenvalue weighted by Gasteiger charge is -2.46. The summed E-state index contributed by atoms with van der Waals surface area (Å²) < 4.78 is 5.57. The summed E-state index contributed by atoms with van der Waals surface area (Å²) in [5.41, 5.74) is 5.80. The standard InChI is InChI=1S/C27H30N4O3/c1-16-9-10-18(3)23(13-16)31-26(32)21-7-5-6-8-22(21)30(27(31)33)15-24-28-25(29-34-24)20-12-11-17(2)19(4)14-20/h9-14,21-22H,5-8,15H2,1-4H3. The number of aryl methyl sites for hydroxylation is 4. The summed E-state index contributed by atoms with van der Waals surface area (Å²) in [5, 5.41) is 4.17.